The van der Waals surface area contributed by atoms with E-state index in [2.05, 4.69) is 9.97 Å². The Hall–Kier alpha value is -2.56. The van der Waals surface area contributed by atoms with Crippen molar-refractivity contribution in [3.63, 3.8) is 0 Å². The number of pyridine rings is 1. The number of ether oxygens (including phenoxy) is 1. The average molecular weight is 254 g/mol. The topological polar surface area (TPSA) is 66.0 Å². The van der Waals surface area contributed by atoms with Gasteiger partial charge in [0.05, 0.1) is 12.6 Å². The number of imidazole rings is 1. The Morgan fingerprint density at radius 2 is 2.11 bits per heavy atom. The van der Waals surface area contributed by atoms with Crippen LogP contribution >= 0.6 is 0 Å². The van der Waals surface area contributed by atoms with Gasteiger partial charge in [0.15, 0.2) is 5.65 Å². The largest absolute Gasteiger partial charge is 0.497 e. The molecule has 0 saturated carbocycles. The Bertz CT molecular complexity index is 748. The molecule has 5 heteroatoms. The Morgan fingerprint density at radius 3 is 2.79 bits per heavy atom. The van der Waals surface area contributed by atoms with E-state index in [-0.39, 0.29) is 0 Å². The fourth-order valence-electron chi connectivity index (χ4n) is 2.14. The third-order valence-corrected chi connectivity index (χ3v) is 3.16. The number of rotatable bonds is 2. The van der Waals surface area contributed by atoms with E-state index in [4.69, 9.17) is 10.5 Å². The summed E-state index contributed by atoms with van der Waals surface area (Å²) in [7, 11) is 3.57. The standard InChI is InChI=1S/C14H14N4O/c1-18-12-4-3-7-16-13(12)17-14(18)10-6-5-9(19-2)8-11(10)15/h3-8H,15H2,1-2H3. The van der Waals surface area contributed by atoms with Crippen LogP contribution in [0, 0.1) is 0 Å². The number of methoxy groups -OCH3 is 1. The van der Waals surface area contributed by atoms with E-state index in [0.29, 0.717) is 5.69 Å². The van der Waals surface area contributed by atoms with Gasteiger partial charge in [0.1, 0.15) is 11.6 Å². The first kappa shape index (κ1) is 11.5. The first-order valence-electron chi connectivity index (χ1n) is 5.92. The van der Waals surface area contributed by atoms with Crippen molar-refractivity contribution in [3.8, 4) is 17.1 Å². The molecular formula is C14H14N4O. The van der Waals surface area contributed by atoms with Crippen molar-refractivity contribution in [2.45, 2.75) is 0 Å². The molecule has 19 heavy (non-hydrogen) atoms. The molecule has 3 rings (SSSR count). The molecule has 0 radical (unpaired) electrons. The van der Waals surface area contributed by atoms with E-state index in [1.54, 1.807) is 19.4 Å². The molecule has 0 unspecified atom stereocenters. The lowest BCUT2D eigenvalue weighted by atomic mass is 10.1. The second-order valence-corrected chi connectivity index (χ2v) is 4.29. The van der Waals surface area contributed by atoms with E-state index in [0.717, 1.165) is 28.3 Å². The van der Waals surface area contributed by atoms with Gasteiger partial charge in [0.2, 0.25) is 0 Å². The van der Waals surface area contributed by atoms with Gasteiger partial charge in [-0.3, -0.25) is 0 Å². The molecule has 2 heterocycles. The maximum absolute atomic E-state index is 6.07. The molecule has 1 aromatic carbocycles. The number of hydrogen-bond acceptors (Lipinski definition) is 4. The summed E-state index contributed by atoms with van der Waals surface area (Å²) in [6.45, 7) is 0. The highest BCUT2D eigenvalue weighted by molar-refractivity contribution is 5.81. The zero-order valence-electron chi connectivity index (χ0n) is 10.8. The number of benzene rings is 1. The van der Waals surface area contributed by atoms with Gasteiger partial charge in [0.25, 0.3) is 0 Å². The number of hydrogen-bond donors (Lipinski definition) is 1. The summed E-state index contributed by atoms with van der Waals surface area (Å²) in [5, 5.41) is 0. The number of aryl methyl sites for hydroxylation is 1. The molecule has 0 aliphatic carbocycles. The molecular weight excluding hydrogens is 240 g/mol. The highest BCUT2D eigenvalue weighted by atomic mass is 16.5. The first-order chi connectivity index (χ1) is 9.20. The van der Waals surface area contributed by atoms with Crippen molar-refractivity contribution < 1.29 is 4.74 Å². The molecule has 96 valence electrons. The molecule has 2 aromatic heterocycles. The fraction of sp³-hybridized carbons (Fsp3) is 0.143. The predicted molar refractivity (Wildman–Crippen MR) is 74.9 cm³/mol. The highest BCUT2D eigenvalue weighted by Gasteiger charge is 2.13. The lowest BCUT2D eigenvalue weighted by Crippen LogP contribution is -1.97. The van der Waals surface area contributed by atoms with E-state index >= 15 is 0 Å². The summed E-state index contributed by atoms with van der Waals surface area (Å²) in [5.74, 6) is 1.53. The number of anilines is 1. The van der Waals surface area contributed by atoms with Crippen molar-refractivity contribution in [3.05, 3.63) is 36.5 Å². The number of aromatic nitrogens is 3. The van der Waals surface area contributed by atoms with Gasteiger partial charge in [-0.15, -0.1) is 0 Å². The molecule has 0 atom stereocenters. The van der Waals surface area contributed by atoms with Gasteiger partial charge in [-0.25, -0.2) is 9.97 Å². The fourth-order valence-corrected chi connectivity index (χ4v) is 2.14. The first-order valence-corrected chi connectivity index (χ1v) is 5.92. The normalized spacial score (nSPS) is 10.8. The van der Waals surface area contributed by atoms with Crippen LogP contribution in [0.3, 0.4) is 0 Å². The smallest absolute Gasteiger partial charge is 0.178 e. The van der Waals surface area contributed by atoms with Crippen LogP contribution in [0.2, 0.25) is 0 Å². The summed E-state index contributed by atoms with van der Waals surface area (Å²) in [4.78, 5) is 8.78. The average Bonchev–Trinajstić information content (AvgIpc) is 2.76. The Morgan fingerprint density at radius 1 is 1.26 bits per heavy atom. The van der Waals surface area contributed by atoms with E-state index in [1.165, 1.54) is 0 Å². The molecule has 0 spiro atoms. The molecule has 3 aromatic rings. The van der Waals surface area contributed by atoms with Crippen LogP contribution < -0.4 is 10.5 Å². The second-order valence-electron chi connectivity index (χ2n) is 4.29. The number of nitrogen functional groups attached to an aromatic ring is 1. The maximum atomic E-state index is 6.07. The maximum Gasteiger partial charge on any atom is 0.178 e. The molecule has 0 bridgehead atoms. The highest BCUT2D eigenvalue weighted by Crippen LogP contribution is 2.30. The molecule has 0 saturated heterocycles. The van der Waals surface area contributed by atoms with Crippen molar-refractivity contribution in [2.75, 3.05) is 12.8 Å². The molecule has 0 amide bonds. The Balaban J connectivity index is 2.21. The van der Waals surface area contributed by atoms with Gasteiger partial charge >= 0.3 is 0 Å². The number of nitrogens with two attached hydrogens (primary N) is 1. The zero-order valence-corrected chi connectivity index (χ0v) is 10.8. The van der Waals surface area contributed by atoms with Crippen LogP contribution in [0.5, 0.6) is 5.75 Å². The second kappa shape index (κ2) is 4.28. The van der Waals surface area contributed by atoms with Crippen molar-refractivity contribution in [2.24, 2.45) is 7.05 Å². The summed E-state index contributed by atoms with van der Waals surface area (Å²) >= 11 is 0. The molecule has 0 aliphatic rings. The summed E-state index contributed by atoms with van der Waals surface area (Å²) in [6.07, 6.45) is 1.73. The van der Waals surface area contributed by atoms with Crippen molar-refractivity contribution in [1.82, 2.24) is 14.5 Å². The SMILES string of the molecule is COc1ccc(-c2nc3ncccc3n2C)c(N)c1. The number of fused-ring (bicyclic) bond motifs is 1. The summed E-state index contributed by atoms with van der Waals surface area (Å²) in [5.41, 5.74) is 9.28. The number of nitrogens with zero attached hydrogens (tertiary/aromatic N) is 3. The minimum Gasteiger partial charge on any atom is -0.497 e. The van der Waals surface area contributed by atoms with Crippen LogP contribution in [-0.2, 0) is 7.05 Å². The van der Waals surface area contributed by atoms with Gasteiger partial charge in [-0.2, -0.15) is 0 Å². The van der Waals surface area contributed by atoms with Crippen LogP contribution in [0.1, 0.15) is 0 Å². The monoisotopic (exact) mass is 254 g/mol. The van der Waals surface area contributed by atoms with E-state index < -0.39 is 0 Å². The lowest BCUT2D eigenvalue weighted by Gasteiger charge is -2.07. The third kappa shape index (κ3) is 1.79. The van der Waals surface area contributed by atoms with Crippen molar-refractivity contribution in [1.29, 1.82) is 0 Å². The minimum atomic E-state index is 0.637. The van der Waals surface area contributed by atoms with Crippen LogP contribution in [0.15, 0.2) is 36.5 Å². The lowest BCUT2D eigenvalue weighted by molar-refractivity contribution is 0.415. The third-order valence-electron chi connectivity index (χ3n) is 3.16. The summed E-state index contributed by atoms with van der Waals surface area (Å²) < 4.78 is 7.14. The van der Waals surface area contributed by atoms with Crippen LogP contribution in [-0.4, -0.2) is 21.6 Å². The van der Waals surface area contributed by atoms with Crippen molar-refractivity contribution >= 4 is 16.9 Å². The molecule has 2 N–H and O–H groups in total. The van der Waals surface area contributed by atoms with Gasteiger partial charge in [-0.05, 0) is 24.3 Å². The Labute approximate surface area is 110 Å². The van der Waals surface area contributed by atoms with Crippen LogP contribution in [0.4, 0.5) is 5.69 Å². The van der Waals surface area contributed by atoms with Crippen LogP contribution in [0.25, 0.3) is 22.6 Å². The zero-order chi connectivity index (χ0) is 13.4. The van der Waals surface area contributed by atoms with Gasteiger partial charge in [-0.1, -0.05) is 0 Å². The summed E-state index contributed by atoms with van der Waals surface area (Å²) in [6, 6.07) is 9.46. The molecule has 5 nitrogen and oxygen atoms in total. The van der Waals surface area contributed by atoms with E-state index in [1.807, 2.05) is 35.9 Å². The minimum absolute atomic E-state index is 0.637. The quantitative estimate of drug-likeness (QED) is 0.712. The Kier molecular flexibility index (Phi) is 2.59. The predicted octanol–water partition coefficient (Wildman–Crippen LogP) is 2.23. The molecule has 0 aliphatic heterocycles. The van der Waals surface area contributed by atoms with Gasteiger partial charge < -0.3 is 15.0 Å². The van der Waals surface area contributed by atoms with Gasteiger partial charge in [0, 0.05) is 30.6 Å². The molecule has 0 fully saturated rings. The van der Waals surface area contributed by atoms with E-state index in [9.17, 15) is 0 Å².